The van der Waals surface area contributed by atoms with Crippen LogP contribution in [0.1, 0.15) is 23.2 Å². The Labute approximate surface area is 111 Å². The number of hydrogen-bond acceptors (Lipinski definition) is 4. The Morgan fingerprint density at radius 3 is 2.74 bits per heavy atom. The van der Waals surface area contributed by atoms with Crippen LogP contribution in [0, 0.1) is 10.1 Å². The van der Waals surface area contributed by atoms with Crippen molar-refractivity contribution >= 4 is 11.6 Å². The molecular formula is C13H17N3O3. The van der Waals surface area contributed by atoms with E-state index in [9.17, 15) is 14.9 Å². The van der Waals surface area contributed by atoms with Gasteiger partial charge in [0.2, 0.25) is 0 Å². The first kappa shape index (κ1) is 13.5. The van der Waals surface area contributed by atoms with Crippen LogP contribution in [0.4, 0.5) is 5.69 Å². The highest BCUT2D eigenvalue weighted by atomic mass is 16.6. The van der Waals surface area contributed by atoms with Crippen molar-refractivity contribution in [3.8, 4) is 0 Å². The van der Waals surface area contributed by atoms with E-state index in [1.807, 2.05) is 0 Å². The number of benzene rings is 1. The molecule has 1 aliphatic heterocycles. The quantitative estimate of drug-likeness (QED) is 0.661. The van der Waals surface area contributed by atoms with Gasteiger partial charge in [-0.1, -0.05) is 6.07 Å². The molecule has 0 spiro atoms. The Hall–Kier alpha value is -1.95. The third-order valence-electron chi connectivity index (χ3n) is 3.48. The lowest BCUT2D eigenvalue weighted by atomic mass is 10.0. The highest BCUT2D eigenvalue weighted by Crippen LogP contribution is 2.17. The molecule has 1 heterocycles. The number of carbonyl (C=O) groups is 1. The smallest absolute Gasteiger partial charge is 0.270 e. The van der Waals surface area contributed by atoms with E-state index in [4.69, 9.17) is 0 Å². The molecule has 6 nitrogen and oxygen atoms in total. The predicted octanol–water partition coefficient (Wildman–Crippen LogP) is 1.42. The van der Waals surface area contributed by atoms with Crippen LogP contribution < -0.4 is 5.32 Å². The Morgan fingerprint density at radius 2 is 2.11 bits per heavy atom. The van der Waals surface area contributed by atoms with Gasteiger partial charge in [0, 0.05) is 30.8 Å². The number of carbonyl (C=O) groups excluding carboxylic acids is 1. The lowest BCUT2D eigenvalue weighted by molar-refractivity contribution is -0.384. The second-order valence-corrected chi connectivity index (χ2v) is 4.70. The van der Waals surface area contributed by atoms with Crippen molar-refractivity contribution in [2.24, 2.45) is 0 Å². The first-order valence-electron chi connectivity index (χ1n) is 6.32. The van der Waals surface area contributed by atoms with Crippen LogP contribution in [0.5, 0.6) is 0 Å². The maximum absolute atomic E-state index is 12.3. The zero-order valence-corrected chi connectivity index (χ0v) is 10.8. The minimum Gasteiger partial charge on any atom is -0.339 e. The SMILES string of the molecule is CN(C(=O)c1cccc([N+](=O)[O-])c1)C1CCNCC1. The van der Waals surface area contributed by atoms with Crippen molar-refractivity contribution in [1.29, 1.82) is 0 Å². The van der Waals surface area contributed by atoms with Crippen LogP contribution in [0.2, 0.25) is 0 Å². The zero-order chi connectivity index (χ0) is 13.8. The number of nitrogens with zero attached hydrogens (tertiary/aromatic N) is 2. The van der Waals surface area contributed by atoms with Crippen molar-refractivity contribution in [1.82, 2.24) is 10.2 Å². The largest absolute Gasteiger partial charge is 0.339 e. The minimum atomic E-state index is -0.485. The van der Waals surface area contributed by atoms with Crippen molar-refractivity contribution in [2.45, 2.75) is 18.9 Å². The molecule has 1 amide bonds. The Bertz CT molecular complexity index is 484. The van der Waals surface area contributed by atoms with Gasteiger partial charge in [0.1, 0.15) is 0 Å². The fourth-order valence-corrected chi connectivity index (χ4v) is 2.32. The van der Waals surface area contributed by atoms with Gasteiger partial charge in [0.25, 0.3) is 11.6 Å². The molecule has 0 saturated carbocycles. The summed E-state index contributed by atoms with van der Waals surface area (Å²) in [5.74, 6) is -0.157. The van der Waals surface area contributed by atoms with E-state index >= 15 is 0 Å². The van der Waals surface area contributed by atoms with Gasteiger partial charge >= 0.3 is 0 Å². The summed E-state index contributed by atoms with van der Waals surface area (Å²) in [4.78, 5) is 24.2. The van der Waals surface area contributed by atoms with Crippen LogP contribution in [-0.2, 0) is 0 Å². The van der Waals surface area contributed by atoms with Crippen molar-refractivity contribution in [3.05, 3.63) is 39.9 Å². The molecule has 1 N–H and O–H groups in total. The molecule has 1 aromatic rings. The van der Waals surface area contributed by atoms with Gasteiger partial charge in [0.15, 0.2) is 0 Å². The van der Waals surface area contributed by atoms with E-state index < -0.39 is 4.92 Å². The number of rotatable bonds is 3. The van der Waals surface area contributed by atoms with Crippen LogP contribution in [0.25, 0.3) is 0 Å². The van der Waals surface area contributed by atoms with Crippen LogP contribution in [0.3, 0.4) is 0 Å². The number of non-ortho nitro benzene ring substituents is 1. The molecule has 0 bridgehead atoms. The molecule has 0 aliphatic carbocycles. The van der Waals surface area contributed by atoms with Gasteiger partial charge in [-0.2, -0.15) is 0 Å². The standard InChI is InChI=1S/C13H17N3O3/c1-15(11-5-7-14-8-6-11)13(17)10-3-2-4-12(9-10)16(18)19/h2-4,9,11,14H,5-8H2,1H3. The molecule has 102 valence electrons. The van der Waals surface area contributed by atoms with Gasteiger partial charge < -0.3 is 10.2 Å². The molecule has 6 heteroatoms. The van der Waals surface area contributed by atoms with Crippen LogP contribution in [-0.4, -0.2) is 41.9 Å². The minimum absolute atomic E-state index is 0.0513. The van der Waals surface area contributed by atoms with Crippen molar-refractivity contribution in [3.63, 3.8) is 0 Å². The number of hydrogen-bond donors (Lipinski definition) is 1. The van der Waals surface area contributed by atoms with Crippen molar-refractivity contribution in [2.75, 3.05) is 20.1 Å². The summed E-state index contributed by atoms with van der Waals surface area (Å²) in [7, 11) is 1.76. The molecule has 0 atom stereocenters. The number of nitrogens with one attached hydrogen (secondary N) is 1. The van der Waals surface area contributed by atoms with E-state index in [1.165, 1.54) is 12.1 Å². The predicted molar refractivity (Wildman–Crippen MR) is 71.1 cm³/mol. The second kappa shape index (κ2) is 5.79. The first-order valence-corrected chi connectivity index (χ1v) is 6.32. The maximum Gasteiger partial charge on any atom is 0.270 e. The lowest BCUT2D eigenvalue weighted by Gasteiger charge is -2.31. The molecule has 19 heavy (non-hydrogen) atoms. The fraction of sp³-hybridized carbons (Fsp3) is 0.462. The summed E-state index contributed by atoms with van der Waals surface area (Å²) in [5, 5.41) is 14.0. The highest BCUT2D eigenvalue weighted by Gasteiger charge is 2.23. The van der Waals surface area contributed by atoms with Gasteiger partial charge in [-0.3, -0.25) is 14.9 Å². The Morgan fingerprint density at radius 1 is 1.42 bits per heavy atom. The molecule has 0 unspecified atom stereocenters. The zero-order valence-electron chi connectivity index (χ0n) is 10.8. The summed E-state index contributed by atoms with van der Waals surface area (Å²) in [5.41, 5.74) is 0.319. The highest BCUT2D eigenvalue weighted by molar-refractivity contribution is 5.94. The average molecular weight is 263 g/mol. The van der Waals surface area contributed by atoms with E-state index in [0.717, 1.165) is 25.9 Å². The molecule has 0 aromatic heterocycles. The number of amides is 1. The van der Waals surface area contributed by atoms with E-state index in [0.29, 0.717) is 5.56 Å². The molecule has 2 rings (SSSR count). The van der Waals surface area contributed by atoms with Gasteiger partial charge in [-0.15, -0.1) is 0 Å². The number of nitro groups is 1. The Kier molecular flexibility index (Phi) is 4.11. The first-order chi connectivity index (χ1) is 9.09. The summed E-state index contributed by atoms with van der Waals surface area (Å²) < 4.78 is 0. The van der Waals surface area contributed by atoms with Gasteiger partial charge in [0.05, 0.1) is 4.92 Å². The normalized spacial score (nSPS) is 16.1. The molecule has 1 aliphatic rings. The number of piperidine rings is 1. The molecule has 1 aromatic carbocycles. The molecule has 1 saturated heterocycles. The van der Waals surface area contributed by atoms with Crippen LogP contribution in [0.15, 0.2) is 24.3 Å². The second-order valence-electron chi connectivity index (χ2n) is 4.70. The van der Waals surface area contributed by atoms with Crippen molar-refractivity contribution < 1.29 is 9.72 Å². The summed E-state index contributed by atoms with van der Waals surface area (Å²) in [6, 6.07) is 6.09. The third kappa shape index (κ3) is 3.08. The molecule has 0 radical (unpaired) electrons. The summed E-state index contributed by atoms with van der Waals surface area (Å²) in [6.07, 6.45) is 1.83. The van der Waals surface area contributed by atoms with Gasteiger partial charge in [-0.25, -0.2) is 0 Å². The summed E-state index contributed by atoms with van der Waals surface area (Å²) >= 11 is 0. The monoisotopic (exact) mass is 263 g/mol. The van der Waals surface area contributed by atoms with E-state index in [2.05, 4.69) is 5.32 Å². The van der Waals surface area contributed by atoms with Gasteiger partial charge in [-0.05, 0) is 32.0 Å². The van der Waals surface area contributed by atoms with Crippen LogP contribution >= 0.6 is 0 Å². The lowest BCUT2D eigenvalue weighted by Crippen LogP contribution is -2.43. The van der Waals surface area contributed by atoms with E-state index in [1.54, 1.807) is 24.1 Å². The molecular weight excluding hydrogens is 246 g/mol. The van der Waals surface area contributed by atoms with E-state index in [-0.39, 0.29) is 17.6 Å². The number of nitro benzene ring substituents is 1. The fourth-order valence-electron chi connectivity index (χ4n) is 2.32. The Balaban J connectivity index is 2.14. The third-order valence-corrected chi connectivity index (χ3v) is 3.48. The average Bonchev–Trinajstić information content (AvgIpc) is 2.46. The topological polar surface area (TPSA) is 75.5 Å². The maximum atomic E-state index is 12.3. The molecule has 1 fully saturated rings. The summed E-state index contributed by atoms with van der Waals surface area (Å²) in [6.45, 7) is 1.80.